The standard InChI is InChI=1S/C48H39N12/c1-7-19-40(20-8-1)55-34-56(41-21-9-2-10-22-41)50-46(49-55)37-31-38(47-51-57(42-23-11-3-12-24-42)35-58(52-47)43-25-13-4-14-26-43)33-39(32-37)48-53-59(44-27-15-5-16-28-44)36-60(54-48)45-29-17-6-18-30-45/h1-33H,34-36H2/q+3. The third-order valence-corrected chi connectivity index (χ3v) is 10.1. The third kappa shape index (κ3) is 7.72. The first-order valence-corrected chi connectivity index (χ1v) is 19.7. The molecule has 3 aliphatic rings. The normalized spacial score (nSPS) is 15.3. The minimum Gasteiger partial charge on any atom is -0.201 e. The Morgan fingerprint density at radius 3 is 0.783 bits per heavy atom. The van der Waals surface area contributed by atoms with Crippen LogP contribution in [0.1, 0.15) is 16.7 Å². The summed E-state index contributed by atoms with van der Waals surface area (Å²) in [5.74, 6) is 1.51. The highest BCUT2D eigenvalue weighted by Gasteiger charge is 2.32. The molecule has 10 rings (SSSR count). The highest BCUT2D eigenvalue weighted by Crippen LogP contribution is 2.29. The largest absolute Gasteiger partial charge is 0.269 e. The number of hydrogen-bond acceptors (Lipinski definition) is 9. The van der Waals surface area contributed by atoms with E-state index >= 15 is 0 Å². The van der Waals surface area contributed by atoms with Gasteiger partial charge in [-0.1, -0.05) is 123 Å². The van der Waals surface area contributed by atoms with Gasteiger partial charge in [0.15, 0.2) is 0 Å². The first-order valence-electron chi connectivity index (χ1n) is 19.7. The van der Waals surface area contributed by atoms with Crippen LogP contribution in [0.2, 0.25) is 0 Å². The lowest BCUT2D eigenvalue weighted by molar-refractivity contribution is -0.508. The van der Waals surface area contributed by atoms with Crippen molar-refractivity contribution in [3.8, 4) is 0 Å². The van der Waals surface area contributed by atoms with Crippen LogP contribution in [0.15, 0.2) is 231 Å². The van der Waals surface area contributed by atoms with Crippen LogP contribution in [0.25, 0.3) is 0 Å². The molecule has 0 atom stereocenters. The number of hydrogen-bond donors (Lipinski definition) is 0. The molecule has 0 N–H and O–H groups in total. The number of para-hydroxylation sites is 6. The second-order valence-corrected chi connectivity index (χ2v) is 14.2. The SMILES string of the molecule is c1ccc(N2C[N+](c3ccccc3)=NC(c3cc(C4=NN(c5ccccc5)C[N+](c5ccccc5)=N4)cc(C4=NN(c5ccccc5)C[N+](c5ccccc5)=N4)c3)=N2)cc1. The van der Waals surface area contributed by atoms with Gasteiger partial charge in [0.25, 0.3) is 20.0 Å². The molecule has 12 nitrogen and oxygen atoms in total. The Hall–Kier alpha value is -8.25. The van der Waals surface area contributed by atoms with Crippen molar-refractivity contribution in [1.29, 1.82) is 0 Å². The van der Waals surface area contributed by atoms with Crippen LogP contribution in [0.4, 0.5) is 34.1 Å². The first kappa shape index (κ1) is 36.1. The summed E-state index contributed by atoms with van der Waals surface area (Å²) in [5, 5.41) is 37.0. The molecule has 0 saturated carbocycles. The summed E-state index contributed by atoms with van der Waals surface area (Å²) >= 11 is 0. The predicted molar refractivity (Wildman–Crippen MR) is 234 cm³/mol. The van der Waals surface area contributed by atoms with Crippen LogP contribution in [0.3, 0.4) is 0 Å². The fraction of sp³-hybridized carbons (Fsp3) is 0.0625. The minimum atomic E-state index is 0.421. The molecule has 0 fully saturated rings. The highest BCUT2D eigenvalue weighted by molar-refractivity contribution is 6.09. The van der Waals surface area contributed by atoms with E-state index in [9.17, 15) is 0 Å². The molecule has 60 heavy (non-hydrogen) atoms. The van der Waals surface area contributed by atoms with E-state index in [0.29, 0.717) is 37.5 Å². The van der Waals surface area contributed by atoms with E-state index in [-0.39, 0.29) is 0 Å². The Bertz CT molecular complexity index is 2500. The number of benzene rings is 7. The summed E-state index contributed by atoms with van der Waals surface area (Å²) in [6.07, 6.45) is 0. The maximum Gasteiger partial charge on any atom is 0.269 e. The summed E-state index contributed by atoms with van der Waals surface area (Å²) in [5.41, 5.74) is 7.86. The Labute approximate surface area is 347 Å². The second kappa shape index (κ2) is 16.3. The van der Waals surface area contributed by atoms with E-state index in [1.54, 1.807) is 0 Å². The summed E-state index contributed by atoms with van der Waals surface area (Å²) in [7, 11) is 0. The fourth-order valence-electron chi connectivity index (χ4n) is 7.11. The van der Waals surface area contributed by atoms with Crippen molar-refractivity contribution in [2.45, 2.75) is 0 Å². The van der Waals surface area contributed by atoms with E-state index in [1.165, 1.54) is 0 Å². The molecule has 12 heteroatoms. The molecule has 7 aromatic rings. The summed E-state index contributed by atoms with van der Waals surface area (Å²) in [4.78, 5) is 0. The summed E-state index contributed by atoms with van der Waals surface area (Å²) < 4.78 is 5.90. The lowest BCUT2D eigenvalue weighted by Gasteiger charge is -2.22. The van der Waals surface area contributed by atoms with E-state index in [0.717, 1.165) is 50.8 Å². The van der Waals surface area contributed by atoms with Crippen molar-refractivity contribution in [2.24, 2.45) is 30.6 Å². The number of hydrazone groups is 3. The van der Waals surface area contributed by atoms with Crippen molar-refractivity contribution in [3.05, 3.63) is 217 Å². The molecule has 0 aliphatic carbocycles. The van der Waals surface area contributed by atoms with Crippen LogP contribution >= 0.6 is 0 Å². The van der Waals surface area contributed by atoms with E-state index in [2.05, 4.69) is 91.0 Å². The van der Waals surface area contributed by atoms with Crippen molar-refractivity contribution in [2.75, 3.05) is 35.0 Å². The molecule has 3 aliphatic heterocycles. The quantitative estimate of drug-likeness (QED) is 0.136. The fourth-order valence-corrected chi connectivity index (χ4v) is 7.11. The third-order valence-electron chi connectivity index (χ3n) is 10.1. The lowest BCUT2D eigenvalue weighted by Crippen LogP contribution is -2.33. The second-order valence-electron chi connectivity index (χ2n) is 14.2. The summed E-state index contributed by atoms with van der Waals surface area (Å²) in [6, 6.07) is 67.0. The van der Waals surface area contributed by atoms with E-state index < -0.39 is 0 Å². The molecule has 3 heterocycles. The maximum atomic E-state index is 5.18. The Kier molecular flexibility index (Phi) is 9.82. The molecular formula is C48H39N12+3. The molecule has 288 valence electrons. The number of azo groups is 6. The average molecular weight is 784 g/mol. The predicted octanol–water partition coefficient (Wildman–Crippen LogP) is 10.5. The maximum absolute atomic E-state index is 5.18. The molecule has 0 amide bonds. The molecule has 0 unspecified atom stereocenters. The molecule has 0 radical (unpaired) electrons. The van der Waals surface area contributed by atoms with E-state index in [4.69, 9.17) is 30.6 Å². The van der Waals surface area contributed by atoms with Gasteiger partial charge in [0.1, 0.15) is 0 Å². The molecular weight excluding hydrogens is 745 g/mol. The first-order chi connectivity index (χ1) is 29.7. The lowest BCUT2D eigenvalue weighted by atomic mass is 10.0. The van der Waals surface area contributed by atoms with Gasteiger partial charge in [-0.3, -0.25) is 0 Å². The van der Waals surface area contributed by atoms with Gasteiger partial charge in [-0.25, -0.2) is 15.0 Å². The Morgan fingerprint density at radius 2 is 0.533 bits per heavy atom. The van der Waals surface area contributed by atoms with Gasteiger partial charge in [-0.15, -0.1) is 15.3 Å². The monoisotopic (exact) mass is 783 g/mol. The van der Waals surface area contributed by atoms with Crippen molar-refractivity contribution >= 4 is 51.6 Å². The number of nitrogens with zero attached hydrogens (tertiary/aromatic N) is 12. The molecule has 7 aromatic carbocycles. The zero-order chi connectivity index (χ0) is 40.1. The Balaban J connectivity index is 1.19. The van der Waals surface area contributed by atoms with E-state index in [1.807, 2.05) is 138 Å². The number of anilines is 3. The highest BCUT2D eigenvalue weighted by atomic mass is 15.6. The molecule has 0 spiro atoms. The van der Waals surface area contributed by atoms with Crippen molar-refractivity contribution < 1.29 is 14.1 Å². The number of rotatable bonds is 9. The van der Waals surface area contributed by atoms with Crippen LogP contribution in [-0.4, -0.2) is 51.6 Å². The van der Waals surface area contributed by atoms with Gasteiger partial charge in [0.05, 0.1) is 17.1 Å². The van der Waals surface area contributed by atoms with Gasteiger partial charge < -0.3 is 0 Å². The topological polar surface area (TPSA) is 92.9 Å². The zero-order valence-corrected chi connectivity index (χ0v) is 32.5. The average Bonchev–Trinajstić information content (AvgIpc) is 3.35. The van der Waals surface area contributed by atoms with Crippen LogP contribution in [0, 0.1) is 0 Å². The van der Waals surface area contributed by atoms with Crippen LogP contribution in [0.5, 0.6) is 0 Å². The van der Waals surface area contributed by atoms with Crippen LogP contribution < -0.4 is 15.0 Å². The Morgan fingerprint density at radius 1 is 0.300 bits per heavy atom. The van der Waals surface area contributed by atoms with Gasteiger partial charge >= 0.3 is 0 Å². The molecule has 0 aromatic heterocycles. The van der Waals surface area contributed by atoms with Gasteiger partial charge in [0, 0.05) is 68.4 Å². The summed E-state index contributed by atoms with van der Waals surface area (Å²) in [6.45, 7) is 1.26. The van der Waals surface area contributed by atoms with Gasteiger partial charge in [0.2, 0.25) is 34.6 Å². The number of amidine groups is 3. The van der Waals surface area contributed by atoms with Crippen LogP contribution in [-0.2, 0) is 0 Å². The van der Waals surface area contributed by atoms with Crippen molar-refractivity contribution in [1.82, 2.24) is 0 Å². The van der Waals surface area contributed by atoms with Crippen molar-refractivity contribution in [3.63, 3.8) is 0 Å². The van der Waals surface area contributed by atoms with Gasteiger partial charge in [-0.05, 0) is 54.6 Å². The smallest absolute Gasteiger partial charge is 0.201 e. The molecule has 0 bridgehead atoms. The molecule has 0 saturated heterocycles. The zero-order valence-electron chi connectivity index (χ0n) is 32.5. The van der Waals surface area contributed by atoms with Gasteiger partial charge in [-0.2, -0.15) is 0 Å². The minimum absolute atomic E-state index is 0.421.